The van der Waals surface area contributed by atoms with Gasteiger partial charge in [0, 0.05) is 50.9 Å². The lowest BCUT2D eigenvalue weighted by Gasteiger charge is -2.34. The number of carbonyl (C=O) groups is 1. The largest absolute Gasteiger partial charge is 0.354 e. The van der Waals surface area contributed by atoms with Gasteiger partial charge in [-0.3, -0.25) is 19.6 Å². The van der Waals surface area contributed by atoms with Gasteiger partial charge in [-0.15, -0.1) is 0 Å². The van der Waals surface area contributed by atoms with Gasteiger partial charge in [0.1, 0.15) is 0 Å². The summed E-state index contributed by atoms with van der Waals surface area (Å²) in [4.78, 5) is 21.5. The number of amides is 1. The molecular formula is C22H28N4O. The van der Waals surface area contributed by atoms with Gasteiger partial charge in [0.15, 0.2) is 0 Å². The number of piperazine rings is 1. The molecule has 1 amide bonds. The number of carbonyl (C=O) groups excluding carboxylic acids is 1. The molecular weight excluding hydrogens is 336 g/mol. The number of nitrogens with one attached hydrogen (secondary N) is 1. The van der Waals surface area contributed by atoms with Crippen LogP contribution >= 0.6 is 0 Å². The average Bonchev–Trinajstić information content (AvgIpc) is 3.51. The molecule has 4 rings (SSSR count). The summed E-state index contributed by atoms with van der Waals surface area (Å²) in [6, 6.07) is 16.6. The molecule has 2 fully saturated rings. The van der Waals surface area contributed by atoms with Crippen LogP contribution in [0.3, 0.4) is 0 Å². The molecule has 2 aliphatic rings. The van der Waals surface area contributed by atoms with Crippen molar-refractivity contribution >= 4 is 5.91 Å². The van der Waals surface area contributed by atoms with Gasteiger partial charge in [-0.1, -0.05) is 36.4 Å². The van der Waals surface area contributed by atoms with Crippen LogP contribution in [-0.2, 0) is 16.8 Å². The van der Waals surface area contributed by atoms with Crippen molar-refractivity contribution in [1.82, 2.24) is 20.1 Å². The van der Waals surface area contributed by atoms with E-state index in [-0.39, 0.29) is 11.3 Å². The summed E-state index contributed by atoms with van der Waals surface area (Å²) in [5.41, 5.74) is 2.64. The van der Waals surface area contributed by atoms with Crippen LogP contribution in [-0.4, -0.2) is 60.0 Å². The van der Waals surface area contributed by atoms with E-state index in [0.717, 1.165) is 45.0 Å². The molecule has 1 aliphatic carbocycles. The van der Waals surface area contributed by atoms with E-state index in [9.17, 15) is 4.79 Å². The Bertz CT molecular complexity index is 737. The first-order valence-electron chi connectivity index (χ1n) is 9.90. The lowest BCUT2D eigenvalue weighted by Crippen LogP contribution is -2.49. The molecule has 1 N–H and O–H groups in total. The van der Waals surface area contributed by atoms with Crippen molar-refractivity contribution in [1.29, 1.82) is 0 Å². The van der Waals surface area contributed by atoms with E-state index in [0.29, 0.717) is 6.54 Å². The van der Waals surface area contributed by atoms with Crippen LogP contribution in [0.15, 0.2) is 54.7 Å². The van der Waals surface area contributed by atoms with E-state index in [1.165, 1.54) is 18.4 Å². The fraction of sp³-hybridized carbons (Fsp3) is 0.455. The maximum Gasteiger partial charge on any atom is 0.234 e. The smallest absolute Gasteiger partial charge is 0.234 e. The lowest BCUT2D eigenvalue weighted by molar-refractivity contribution is -0.122. The molecule has 1 saturated carbocycles. The highest BCUT2D eigenvalue weighted by Gasteiger charge is 2.44. The van der Waals surface area contributed by atoms with Gasteiger partial charge in [0.05, 0.1) is 12.2 Å². The molecule has 1 saturated heterocycles. The Morgan fingerprint density at radius 1 is 0.963 bits per heavy atom. The zero-order valence-electron chi connectivity index (χ0n) is 15.8. The van der Waals surface area contributed by atoms with Gasteiger partial charge < -0.3 is 5.32 Å². The first-order valence-corrected chi connectivity index (χ1v) is 9.90. The Balaban J connectivity index is 1.19. The third kappa shape index (κ3) is 4.73. The summed E-state index contributed by atoms with van der Waals surface area (Å²) in [6.07, 6.45) is 4.19. The molecule has 2 aromatic rings. The Labute approximate surface area is 161 Å². The third-order valence-corrected chi connectivity index (χ3v) is 5.81. The van der Waals surface area contributed by atoms with Gasteiger partial charge >= 0.3 is 0 Å². The molecule has 1 aromatic heterocycles. The molecule has 1 aromatic carbocycles. The Morgan fingerprint density at radius 2 is 1.67 bits per heavy atom. The SMILES string of the molecule is O=C(CN1CCN(Cc2ccccn2)CC1)NCC1(c2ccccc2)CC1. The third-order valence-electron chi connectivity index (χ3n) is 5.81. The van der Waals surface area contributed by atoms with Crippen LogP contribution in [0.4, 0.5) is 0 Å². The van der Waals surface area contributed by atoms with E-state index >= 15 is 0 Å². The fourth-order valence-electron chi connectivity index (χ4n) is 3.86. The number of hydrogen-bond donors (Lipinski definition) is 1. The Hall–Kier alpha value is -2.24. The molecule has 0 unspecified atom stereocenters. The van der Waals surface area contributed by atoms with Crippen LogP contribution in [0, 0.1) is 0 Å². The zero-order valence-corrected chi connectivity index (χ0v) is 15.8. The number of nitrogens with zero attached hydrogens (tertiary/aromatic N) is 3. The zero-order chi connectivity index (χ0) is 18.5. The van der Waals surface area contributed by atoms with Crippen LogP contribution in [0.1, 0.15) is 24.1 Å². The van der Waals surface area contributed by atoms with Crippen LogP contribution < -0.4 is 5.32 Å². The highest BCUT2D eigenvalue weighted by atomic mass is 16.2. The predicted molar refractivity (Wildman–Crippen MR) is 106 cm³/mol. The van der Waals surface area contributed by atoms with E-state index in [2.05, 4.69) is 50.4 Å². The highest BCUT2D eigenvalue weighted by molar-refractivity contribution is 5.78. The van der Waals surface area contributed by atoms with Gasteiger partial charge in [0.25, 0.3) is 0 Å². The summed E-state index contributed by atoms with van der Waals surface area (Å²) in [5, 5.41) is 3.18. The van der Waals surface area contributed by atoms with Crippen molar-refractivity contribution in [3.05, 3.63) is 66.0 Å². The second-order valence-corrected chi connectivity index (χ2v) is 7.80. The number of rotatable bonds is 7. The highest BCUT2D eigenvalue weighted by Crippen LogP contribution is 2.47. The average molecular weight is 364 g/mol. The molecule has 0 spiro atoms. The number of hydrogen-bond acceptors (Lipinski definition) is 4. The quantitative estimate of drug-likeness (QED) is 0.817. The van der Waals surface area contributed by atoms with Gasteiger partial charge in [-0.05, 0) is 30.5 Å². The summed E-state index contributed by atoms with van der Waals surface area (Å²) in [5.74, 6) is 0.149. The van der Waals surface area contributed by atoms with Crippen LogP contribution in [0.25, 0.3) is 0 Å². The van der Waals surface area contributed by atoms with Crippen molar-refractivity contribution in [2.45, 2.75) is 24.8 Å². The Morgan fingerprint density at radius 3 is 2.33 bits per heavy atom. The van der Waals surface area contributed by atoms with Crippen molar-refractivity contribution in [3.63, 3.8) is 0 Å². The maximum absolute atomic E-state index is 12.4. The molecule has 142 valence electrons. The predicted octanol–water partition coefficient (Wildman–Crippen LogP) is 2.05. The second-order valence-electron chi connectivity index (χ2n) is 7.80. The van der Waals surface area contributed by atoms with E-state index < -0.39 is 0 Å². The fourth-order valence-corrected chi connectivity index (χ4v) is 3.86. The van der Waals surface area contributed by atoms with Crippen molar-refractivity contribution < 1.29 is 4.79 Å². The Kier molecular flexibility index (Phi) is 5.50. The summed E-state index contributed by atoms with van der Waals surface area (Å²) >= 11 is 0. The summed E-state index contributed by atoms with van der Waals surface area (Å²) < 4.78 is 0. The maximum atomic E-state index is 12.4. The van der Waals surface area contributed by atoms with Crippen molar-refractivity contribution in [3.8, 4) is 0 Å². The van der Waals surface area contributed by atoms with E-state index in [4.69, 9.17) is 0 Å². The number of benzene rings is 1. The number of pyridine rings is 1. The molecule has 27 heavy (non-hydrogen) atoms. The first-order chi connectivity index (χ1) is 13.2. The monoisotopic (exact) mass is 364 g/mol. The number of aromatic nitrogens is 1. The van der Waals surface area contributed by atoms with Crippen molar-refractivity contribution in [2.24, 2.45) is 0 Å². The van der Waals surface area contributed by atoms with Crippen molar-refractivity contribution in [2.75, 3.05) is 39.3 Å². The molecule has 2 heterocycles. The minimum absolute atomic E-state index is 0.149. The van der Waals surface area contributed by atoms with Crippen LogP contribution in [0.2, 0.25) is 0 Å². The summed E-state index contributed by atoms with van der Waals surface area (Å²) in [6.45, 7) is 5.99. The molecule has 0 bridgehead atoms. The molecule has 0 radical (unpaired) electrons. The van der Waals surface area contributed by atoms with Gasteiger partial charge in [-0.25, -0.2) is 0 Å². The van der Waals surface area contributed by atoms with Gasteiger partial charge in [0.2, 0.25) is 5.91 Å². The van der Waals surface area contributed by atoms with Crippen LogP contribution in [0.5, 0.6) is 0 Å². The van der Waals surface area contributed by atoms with E-state index in [1.54, 1.807) is 0 Å². The molecule has 0 atom stereocenters. The topological polar surface area (TPSA) is 48.5 Å². The standard InChI is InChI=1S/C22H28N4O/c27-21(24-18-22(9-10-22)19-6-2-1-3-7-19)17-26-14-12-25(13-15-26)16-20-8-4-5-11-23-20/h1-8,11H,9-10,12-18H2,(H,24,27). The normalized spacial score (nSPS) is 19.6. The molecule has 5 heteroatoms. The lowest BCUT2D eigenvalue weighted by atomic mass is 9.96. The molecule has 1 aliphatic heterocycles. The minimum atomic E-state index is 0.149. The summed E-state index contributed by atoms with van der Waals surface area (Å²) in [7, 11) is 0. The van der Waals surface area contributed by atoms with Gasteiger partial charge in [-0.2, -0.15) is 0 Å². The minimum Gasteiger partial charge on any atom is -0.354 e. The van der Waals surface area contributed by atoms with E-state index in [1.807, 2.05) is 24.4 Å². The first kappa shape index (κ1) is 18.1. The second kappa shape index (κ2) is 8.19. The molecule has 5 nitrogen and oxygen atoms in total.